The van der Waals surface area contributed by atoms with Gasteiger partial charge in [-0.15, -0.1) is 0 Å². The van der Waals surface area contributed by atoms with Gasteiger partial charge in [0.05, 0.1) is 0 Å². The van der Waals surface area contributed by atoms with Gasteiger partial charge in [-0.3, -0.25) is 4.79 Å². The molecule has 1 heterocycles. The molecule has 0 aromatic heterocycles. The molecular weight excluding hydrogens is 248 g/mol. The lowest BCUT2D eigenvalue weighted by Crippen LogP contribution is -2.47. The summed E-state index contributed by atoms with van der Waals surface area (Å²) in [4.78, 5) is 12.4. The third-order valence-electron chi connectivity index (χ3n) is 5.55. The van der Waals surface area contributed by atoms with Crippen molar-refractivity contribution in [2.45, 2.75) is 77.8 Å². The first-order valence-corrected chi connectivity index (χ1v) is 8.61. The van der Waals surface area contributed by atoms with Crippen LogP contribution in [0.4, 0.5) is 0 Å². The summed E-state index contributed by atoms with van der Waals surface area (Å²) in [6, 6.07) is 0.793. The number of rotatable bonds is 4. The van der Waals surface area contributed by atoms with E-state index >= 15 is 0 Å². The van der Waals surface area contributed by atoms with Gasteiger partial charge < -0.3 is 10.6 Å². The third kappa shape index (κ3) is 4.21. The van der Waals surface area contributed by atoms with Crippen LogP contribution in [0.25, 0.3) is 0 Å². The topological polar surface area (TPSA) is 41.1 Å². The van der Waals surface area contributed by atoms with Gasteiger partial charge in [-0.05, 0) is 45.1 Å². The maximum absolute atomic E-state index is 12.4. The van der Waals surface area contributed by atoms with E-state index < -0.39 is 0 Å². The molecule has 1 saturated carbocycles. The molecule has 0 radical (unpaired) electrons. The zero-order chi connectivity index (χ0) is 14.5. The van der Waals surface area contributed by atoms with Gasteiger partial charge in [0, 0.05) is 18.0 Å². The van der Waals surface area contributed by atoms with Crippen LogP contribution in [0.1, 0.15) is 65.7 Å². The van der Waals surface area contributed by atoms with E-state index in [-0.39, 0.29) is 11.8 Å². The van der Waals surface area contributed by atoms with Crippen LogP contribution in [-0.4, -0.2) is 24.5 Å². The molecule has 0 spiro atoms. The zero-order valence-electron chi connectivity index (χ0n) is 13.5. The van der Waals surface area contributed by atoms with Gasteiger partial charge in [0.25, 0.3) is 0 Å². The van der Waals surface area contributed by atoms with Crippen LogP contribution in [0.5, 0.6) is 0 Å². The molecule has 0 aromatic carbocycles. The second-order valence-electron chi connectivity index (χ2n) is 7.13. The average Bonchev–Trinajstić information content (AvgIpc) is 2.47. The molecular formula is C17H32N2O. The van der Waals surface area contributed by atoms with E-state index in [2.05, 4.69) is 31.4 Å². The molecule has 2 fully saturated rings. The lowest BCUT2D eigenvalue weighted by molar-refractivity contribution is -0.127. The first kappa shape index (κ1) is 15.8. The highest BCUT2D eigenvalue weighted by atomic mass is 16.1. The molecule has 2 N–H and O–H groups in total. The van der Waals surface area contributed by atoms with Gasteiger partial charge in [0.1, 0.15) is 0 Å². The molecule has 0 aromatic rings. The fourth-order valence-corrected chi connectivity index (χ4v) is 3.91. The zero-order valence-corrected chi connectivity index (χ0v) is 13.5. The smallest absolute Gasteiger partial charge is 0.223 e. The summed E-state index contributed by atoms with van der Waals surface area (Å²) < 4.78 is 0. The fraction of sp³-hybridized carbons (Fsp3) is 0.941. The molecule has 3 heteroatoms. The molecule has 1 saturated heterocycles. The van der Waals surface area contributed by atoms with Gasteiger partial charge in [-0.2, -0.15) is 0 Å². The summed E-state index contributed by atoms with van der Waals surface area (Å²) in [5, 5.41) is 6.72. The maximum atomic E-state index is 12.4. The molecule has 116 valence electrons. The van der Waals surface area contributed by atoms with Crippen LogP contribution in [0.15, 0.2) is 0 Å². The summed E-state index contributed by atoms with van der Waals surface area (Å²) in [7, 11) is 0. The van der Waals surface area contributed by atoms with Crippen LogP contribution in [-0.2, 0) is 4.79 Å². The van der Waals surface area contributed by atoms with Crippen LogP contribution in [0.2, 0.25) is 0 Å². The predicted octanol–water partition coefficient (Wildman–Crippen LogP) is 3.10. The molecule has 2 aliphatic rings. The lowest BCUT2D eigenvalue weighted by Gasteiger charge is -2.34. The van der Waals surface area contributed by atoms with E-state index in [9.17, 15) is 4.79 Å². The molecule has 2 rings (SSSR count). The first-order valence-electron chi connectivity index (χ1n) is 8.61. The Bertz CT molecular complexity index is 312. The van der Waals surface area contributed by atoms with Crippen molar-refractivity contribution in [3.05, 3.63) is 0 Å². The summed E-state index contributed by atoms with van der Waals surface area (Å²) in [6.07, 6.45) is 8.83. The van der Waals surface area contributed by atoms with Crippen molar-refractivity contribution in [3.63, 3.8) is 0 Å². The Kier molecular flexibility index (Phi) is 5.88. The van der Waals surface area contributed by atoms with Crippen LogP contribution in [0, 0.1) is 17.8 Å². The number of carbonyl (C=O) groups excluding carboxylic acids is 1. The fourth-order valence-electron chi connectivity index (χ4n) is 3.91. The monoisotopic (exact) mass is 280 g/mol. The van der Waals surface area contributed by atoms with Gasteiger partial charge in [-0.25, -0.2) is 0 Å². The minimum Gasteiger partial charge on any atom is -0.353 e. The maximum Gasteiger partial charge on any atom is 0.223 e. The van der Waals surface area contributed by atoms with Crippen molar-refractivity contribution in [3.8, 4) is 0 Å². The first-order chi connectivity index (χ1) is 9.58. The van der Waals surface area contributed by atoms with E-state index in [4.69, 9.17) is 0 Å². The second-order valence-corrected chi connectivity index (χ2v) is 7.13. The predicted molar refractivity (Wildman–Crippen MR) is 83.5 cm³/mol. The number of hydrogen-bond acceptors (Lipinski definition) is 2. The molecule has 1 aliphatic carbocycles. The van der Waals surface area contributed by atoms with Crippen LogP contribution >= 0.6 is 0 Å². The molecule has 2 unspecified atom stereocenters. The van der Waals surface area contributed by atoms with Gasteiger partial charge in [0.15, 0.2) is 0 Å². The molecule has 20 heavy (non-hydrogen) atoms. The average molecular weight is 280 g/mol. The van der Waals surface area contributed by atoms with E-state index in [0.29, 0.717) is 18.0 Å². The summed E-state index contributed by atoms with van der Waals surface area (Å²) in [5.74, 6) is 1.92. The van der Waals surface area contributed by atoms with Crippen LogP contribution < -0.4 is 10.6 Å². The Morgan fingerprint density at radius 1 is 1.15 bits per heavy atom. The summed E-state index contributed by atoms with van der Waals surface area (Å²) >= 11 is 0. The minimum absolute atomic E-state index is 0.215. The second kappa shape index (κ2) is 7.44. The SMILES string of the molecule is CC(NC(=O)[C@H]1CCN[C@@H](C)C1)C(C)C1CCCCC1. The Hall–Kier alpha value is -0.570. The van der Waals surface area contributed by atoms with Crippen LogP contribution in [0.3, 0.4) is 0 Å². The van der Waals surface area contributed by atoms with E-state index in [0.717, 1.165) is 25.3 Å². The Balaban J connectivity index is 1.80. The van der Waals surface area contributed by atoms with E-state index in [1.54, 1.807) is 0 Å². The van der Waals surface area contributed by atoms with Crippen molar-refractivity contribution < 1.29 is 4.79 Å². The van der Waals surface area contributed by atoms with Gasteiger partial charge in [-0.1, -0.05) is 39.0 Å². The third-order valence-corrected chi connectivity index (χ3v) is 5.55. The molecule has 4 atom stereocenters. The number of amides is 1. The van der Waals surface area contributed by atoms with Crippen molar-refractivity contribution >= 4 is 5.91 Å². The summed E-state index contributed by atoms with van der Waals surface area (Å²) in [5.41, 5.74) is 0. The Morgan fingerprint density at radius 2 is 1.85 bits per heavy atom. The van der Waals surface area contributed by atoms with Gasteiger partial charge >= 0.3 is 0 Å². The quantitative estimate of drug-likeness (QED) is 0.831. The van der Waals surface area contributed by atoms with E-state index in [1.165, 1.54) is 32.1 Å². The Morgan fingerprint density at radius 3 is 2.50 bits per heavy atom. The highest BCUT2D eigenvalue weighted by Gasteiger charge is 2.29. The van der Waals surface area contributed by atoms with Crippen molar-refractivity contribution in [1.82, 2.24) is 10.6 Å². The number of hydrogen-bond donors (Lipinski definition) is 2. The summed E-state index contributed by atoms with van der Waals surface area (Å²) in [6.45, 7) is 7.67. The highest BCUT2D eigenvalue weighted by molar-refractivity contribution is 5.79. The molecule has 0 bridgehead atoms. The molecule has 1 aliphatic heterocycles. The highest BCUT2D eigenvalue weighted by Crippen LogP contribution is 2.31. The number of carbonyl (C=O) groups is 1. The minimum atomic E-state index is 0.215. The number of piperidine rings is 1. The molecule has 1 amide bonds. The van der Waals surface area contributed by atoms with Crippen molar-refractivity contribution in [2.75, 3.05) is 6.54 Å². The number of nitrogens with one attached hydrogen (secondary N) is 2. The lowest BCUT2D eigenvalue weighted by atomic mass is 9.78. The van der Waals surface area contributed by atoms with E-state index in [1.807, 2.05) is 0 Å². The Labute approximate surface area is 124 Å². The van der Waals surface area contributed by atoms with Gasteiger partial charge in [0.2, 0.25) is 5.91 Å². The van der Waals surface area contributed by atoms with Crippen molar-refractivity contribution in [1.29, 1.82) is 0 Å². The van der Waals surface area contributed by atoms with Crippen molar-refractivity contribution in [2.24, 2.45) is 17.8 Å². The standard InChI is InChI=1S/C17H32N2O/c1-12-11-16(9-10-18-12)17(20)19-14(3)13(2)15-7-5-4-6-8-15/h12-16,18H,4-11H2,1-3H3,(H,19,20)/t12-,13?,14?,16-/m0/s1. The molecule has 3 nitrogen and oxygen atoms in total. The largest absolute Gasteiger partial charge is 0.353 e. The normalized spacial score (nSPS) is 31.6.